The zero-order chi connectivity index (χ0) is 10.1. The van der Waals surface area contributed by atoms with Crippen molar-refractivity contribution < 1.29 is 4.39 Å². The van der Waals surface area contributed by atoms with Gasteiger partial charge < -0.3 is 4.57 Å². The normalized spacial score (nSPS) is 10.5. The number of hydrogen-bond acceptors (Lipinski definition) is 2. The van der Waals surface area contributed by atoms with Gasteiger partial charge in [0.05, 0.1) is 18.2 Å². The fourth-order valence-corrected chi connectivity index (χ4v) is 1.41. The third-order valence-electron chi connectivity index (χ3n) is 2.03. The minimum absolute atomic E-state index is 0.457. The molecule has 3 nitrogen and oxygen atoms in total. The van der Waals surface area contributed by atoms with Gasteiger partial charge in [0.2, 0.25) is 5.95 Å². The van der Waals surface area contributed by atoms with Gasteiger partial charge in [-0.2, -0.15) is 4.39 Å². The van der Waals surface area contributed by atoms with Crippen LogP contribution in [0.2, 0.25) is 0 Å². The van der Waals surface area contributed by atoms with E-state index in [4.69, 9.17) is 0 Å². The largest absolute Gasteiger partial charge is 0.334 e. The van der Waals surface area contributed by atoms with Crippen molar-refractivity contribution in [2.75, 3.05) is 0 Å². The molecule has 0 spiro atoms. The van der Waals surface area contributed by atoms with Crippen LogP contribution in [0.5, 0.6) is 0 Å². The molecule has 0 aliphatic rings. The Hall–Kier alpha value is -1.71. The van der Waals surface area contributed by atoms with Crippen molar-refractivity contribution in [1.29, 1.82) is 0 Å². The van der Waals surface area contributed by atoms with Gasteiger partial charge >= 0.3 is 0 Å². The van der Waals surface area contributed by atoms with Gasteiger partial charge in [-0.25, -0.2) is 9.97 Å². The molecule has 4 heteroatoms. The predicted octanol–water partition coefficient (Wildman–Crippen LogP) is 1.93. The van der Waals surface area contributed by atoms with Gasteiger partial charge in [-0.3, -0.25) is 0 Å². The topological polar surface area (TPSA) is 30.7 Å². The Morgan fingerprint density at radius 2 is 2.14 bits per heavy atom. The molecule has 0 aliphatic carbocycles. The first-order valence-electron chi connectivity index (χ1n) is 4.27. The highest BCUT2D eigenvalue weighted by molar-refractivity contribution is 5.58. The van der Waals surface area contributed by atoms with Crippen molar-refractivity contribution in [3.05, 3.63) is 36.3 Å². The Morgan fingerprint density at radius 1 is 1.36 bits per heavy atom. The van der Waals surface area contributed by atoms with Crippen LogP contribution < -0.4 is 0 Å². The van der Waals surface area contributed by atoms with Crippen LogP contribution in [0, 0.1) is 12.9 Å². The monoisotopic (exact) mass is 191 g/mol. The second-order valence-corrected chi connectivity index (χ2v) is 3.21. The Labute approximate surface area is 81.2 Å². The van der Waals surface area contributed by atoms with Gasteiger partial charge in [-0.15, -0.1) is 0 Å². The van der Waals surface area contributed by atoms with Gasteiger partial charge in [-0.1, -0.05) is 0 Å². The Morgan fingerprint density at radius 3 is 2.71 bits per heavy atom. The lowest BCUT2D eigenvalue weighted by molar-refractivity contribution is 0.580. The molecule has 0 saturated heterocycles. The molecule has 0 saturated carbocycles. The summed E-state index contributed by atoms with van der Waals surface area (Å²) >= 11 is 0. The molecule has 0 atom stereocenters. The predicted molar refractivity (Wildman–Crippen MR) is 51.1 cm³/mol. The summed E-state index contributed by atoms with van der Waals surface area (Å²) in [4.78, 5) is 7.66. The molecule has 0 unspecified atom stereocenters. The van der Waals surface area contributed by atoms with E-state index in [-0.39, 0.29) is 0 Å². The second kappa shape index (κ2) is 3.21. The van der Waals surface area contributed by atoms with Crippen molar-refractivity contribution in [3.63, 3.8) is 0 Å². The minimum atomic E-state index is -0.457. The van der Waals surface area contributed by atoms with Crippen molar-refractivity contribution in [3.8, 4) is 11.3 Å². The third kappa shape index (κ3) is 1.51. The van der Waals surface area contributed by atoms with Gasteiger partial charge in [-0.05, 0) is 13.0 Å². The molecule has 0 aromatic carbocycles. The van der Waals surface area contributed by atoms with Crippen LogP contribution in [-0.2, 0) is 7.05 Å². The highest BCUT2D eigenvalue weighted by atomic mass is 19.1. The maximum absolute atomic E-state index is 13.0. The molecule has 0 N–H and O–H groups in total. The summed E-state index contributed by atoms with van der Waals surface area (Å²) in [6, 6.07) is 3.24. The maximum atomic E-state index is 13.0. The van der Waals surface area contributed by atoms with Crippen LogP contribution in [0.1, 0.15) is 5.69 Å². The summed E-state index contributed by atoms with van der Waals surface area (Å²) in [5, 5.41) is 0. The molecule has 14 heavy (non-hydrogen) atoms. The van der Waals surface area contributed by atoms with Gasteiger partial charge in [0.25, 0.3) is 0 Å². The lowest BCUT2D eigenvalue weighted by atomic mass is 10.2. The number of aromatic nitrogens is 3. The van der Waals surface area contributed by atoms with Crippen molar-refractivity contribution in [1.82, 2.24) is 14.5 Å². The van der Waals surface area contributed by atoms with Crippen LogP contribution in [-0.4, -0.2) is 14.5 Å². The standard InChI is InChI=1S/C10H10FN3/c1-7-3-8(4-10(11)13-7)9-5-12-6-14(9)2/h3-6H,1-2H3. The fraction of sp³-hybridized carbons (Fsp3) is 0.200. The third-order valence-corrected chi connectivity index (χ3v) is 2.03. The quantitative estimate of drug-likeness (QED) is 0.645. The van der Waals surface area contributed by atoms with Crippen LogP contribution in [0.25, 0.3) is 11.3 Å². The summed E-state index contributed by atoms with van der Waals surface area (Å²) in [5.74, 6) is -0.457. The molecule has 0 aliphatic heterocycles. The van der Waals surface area contributed by atoms with Crippen LogP contribution in [0.3, 0.4) is 0 Å². The highest BCUT2D eigenvalue weighted by Crippen LogP contribution is 2.18. The van der Waals surface area contributed by atoms with E-state index in [0.29, 0.717) is 5.69 Å². The Kier molecular flexibility index (Phi) is 2.04. The number of imidazole rings is 1. The first kappa shape index (κ1) is 8.87. The molecule has 0 bridgehead atoms. The fourth-order valence-electron chi connectivity index (χ4n) is 1.41. The summed E-state index contributed by atoms with van der Waals surface area (Å²) in [7, 11) is 1.87. The second-order valence-electron chi connectivity index (χ2n) is 3.21. The van der Waals surface area contributed by atoms with Crippen molar-refractivity contribution in [2.24, 2.45) is 7.05 Å². The SMILES string of the molecule is Cc1cc(-c2cncn2C)cc(F)n1. The van der Waals surface area contributed by atoms with E-state index >= 15 is 0 Å². The average molecular weight is 191 g/mol. The van der Waals surface area contributed by atoms with E-state index in [2.05, 4.69) is 9.97 Å². The summed E-state index contributed by atoms with van der Waals surface area (Å²) in [6.45, 7) is 1.77. The van der Waals surface area contributed by atoms with Crippen LogP contribution >= 0.6 is 0 Å². The zero-order valence-electron chi connectivity index (χ0n) is 8.03. The smallest absolute Gasteiger partial charge is 0.213 e. The molecule has 2 heterocycles. The molecule has 0 fully saturated rings. The molecular formula is C10H10FN3. The number of hydrogen-bond donors (Lipinski definition) is 0. The number of nitrogens with zero attached hydrogens (tertiary/aromatic N) is 3. The van der Waals surface area contributed by atoms with E-state index in [1.165, 1.54) is 6.07 Å². The van der Waals surface area contributed by atoms with Gasteiger partial charge in [0, 0.05) is 24.4 Å². The first-order valence-corrected chi connectivity index (χ1v) is 4.27. The molecule has 2 aromatic rings. The van der Waals surface area contributed by atoms with E-state index in [1.807, 2.05) is 17.7 Å². The van der Waals surface area contributed by atoms with Gasteiger partial charge in [0.15, 0.2) is 0 Å². The van der Waals surface area contributed by atoms with E-state index in [0.717, 1.165) is 11.3 Å². The van der Waals surface area contributed by atoms with E-state index in [9.17, 15) is 4.39 Å². The molecular weight excluding hydrogens is 181 g/mol. The summed E-state index contributed by atoms with van der Waals surface area (Å²) in [6.07, 6.45) is 3.39. The highest BCUT2D eigenvalue weighted by Gasteiger charge is 2.05. The molecule has 0 amide bonds. The zero-order valence-corrected chi connectivity index (χ0v) is 8.03. The van der Waals surface area contributed by atoms with Crippen LogP contribution in [0.4, 0.5) is 4.39 Å². The number of halogens is 1. The minimum Gasteiger partial charge on any atom is -0.334 e. The Balaban J connectivity index is 2.57. The molecule has 72 valence electrons. The van der Waals surface area contributed by atoms with E-state index in [1.54, 1.807) is 19.4 Å². The summed E-state index contributed by atoms with van der Waals surface area (Å²) in [5.41, 5.74) is 2.35. The first-order chi connectivity index (χ1) is 6.66. The lowest BCUT2D eigenvalue weighted by Gasteiger charge is -2.03. The lowest BCUT2D eigenvalue weighted by Crippen LogP contribution is -1.93. The number of rotatable bonds is 1. The number of aryl methyl sites for hydroxylation is 2. The van der Waals surface area contributed by atoms with Crippen molar-refractivity contribution in [2.45, 2.75) is 6.92 Å². The average Bonchev–Trinajstić information content (AvgIpc) is 2.49. The molecule has 2 rings (SSSR count). The van der Waals surface area contributed by atoms with Crippen molar-refractivity contribution >= 4 is 0 Å². The van der Waals surface area contributed by atoms with Gasteiger partial charge in [0.1, 0.15) is 0 Å². The Bertz CT molecular complexity index is 442. The van der Waals surface area contributed by atoms with E-state index < -0.39 is 5.95 Å². The molecule has 2 aromatic heterocycles. The van der Waals surface area contributed by atoms with Crippen LogP contribution in [0.15, 0.2) is 24.7 Å². The summed E-state index contributed by atoms with van der Waals surface area (Å²) < 4.78 is 14.9. The maximum Gasteiger partial charge on any atom is 0.213 e. The molecule has 0 radical (unpaired) electrons. The number of pyridine rings is 1.